The highest BCUT2D eigenvalue weighted by Gasteiger charge is 2.13. The van der Waals surface area contributed by atoms with E-state index in [1.165, 1.54) is 10.9 Å². The van der Waals surface area contributed by atoms with Gasteiger partial charge in [0.15, 0.2) is 0 Å². The Morgan fingerprint density at radius 1 is 1.19 bits per heavy atom. The maximum absolute atomic E-state index is 12.5. The number of carboxylic acids is 1. The summed E-state index contributed by atoms with van der Waals surface area (Å²) in [5.41, 5.74) is 4.54. The van der Waals surface area contributed by atoms with E-state index in [0.29, 0.717) is 17.5 Å². The van der Waals surface area contributed by atoms with E-state index < -0.39 is 5.97 Å². The molecule has 0 aliphatic rings. The summed E-state index contributed by atoms with van der Waals surface area (Å²) in [4.78, 5) is 26.6. The van der Waals surface area contributed by atoms with Gasteiger partial charge in [0, 0.05) is 28.7 Å². The molecule has 1 amide bonds. The van der Waals surface area contributed by atoms with Gasteiger partial charge in [0.25, 0.3) is 5.91 Å². The minimum absolute atomic E-state index is 0.0508. The fraction of sp³-hybridized carbons (Fsp3) is 0.238. The monoisotopic (exact) mass is 350 g/mol. The van der Waals surface area contributed by atoms with Gasteiger partial charge in [0.2, 0.25) is 0 Å². The van der Waals surface area contributed by atoms with Crippen molar-refractivity contribution >= 4 is 22.8 Å². The molecule has 5 heteroatoms. The summed E-state index contributed by atoms with van der Waals surface area (Å²) in [6.07, 6.45) is 2.61. The molecule has 1 aromatic heterocycles. The van der Waals surface area contributed by atoms with Gasteiger partial charge in [-0.3, -0.25) is 9.59 Å². The number of aliphatic carboxylic acids is 1. The number of benzene rings is 2. The van der Waals surface area contributed by atoms with E-state index in [1.54, 1.807) is 24.3 Å². The molecule has 0 bridgehead atoms. The number of rotatable bonds is 6. The van der Waals surface area contributed by atoms with Crippen LogP contribution in [0.1, 0.15) is 34.0 Å². The number of hydrogen-bond donors (Lipinski definition) is 3. The molecule has 0 fully saturated rings. The van der Waals surface area contributed by atoms with Crippen LogP contribution in [0.4, 0.5) is 0 Å². The maximum Gasteiger partial charge on any atom is 0.307 e. The molecule has 3 aromatic rings. The lowest BCUT2D eigenvalue weighted by atomic mass is 10.0. The maximum atomic E-state index is 12.5. The van der Waals surface area contributed by atoms with Crippen LogP contribution in [0.25, 0.3) is 10.9 Å². The van der Waals surface area contributed by atoms with Crippen LogP contribution in [0.15, 0.2) is 48.7 Å². The molecule has 0 saturated carbocycles. The Bertz CT molecular complexity index is 959. The topological polar surface area (TPSA) is 82.2 Å². The predicted molar refractivity (Wildman–Crippen MR) is 101 cm³/mol. The van der Waals surface area contributed by atoms with Crippen LogP contribution >= 0.6 is 0 Å². The lowest BCUT2D eigenvalue weighted by Crippen LogP contribution is -2.34. The highest BCUT2D eigenvalue weighted by atomic mass is 16.4. The van der Waals surface area contributed by atoms with Crippen molar-refractivity contribution in [3.05, 3.63) is 70.9 Å². The molecule has 0 aliphatic heterocycles. The first-order valence-corrected chi connectivity index (χ1v) is 8.60. The standard InChI is InChI=1S/C21H22N2O3/c1-13-6-7-19-18(8-13)17(12-22-19)9-14(2)23-21(26)16-5-3-4-15(10-16)11-20(24)25/h3-8,10,12,14,22H,9,11H2,1-2H3,(H,23,26)(H,24,25). The van der Waals surface area contributed by atoms with E-state index in [2.05, 4.69) is 35.4 Å². The number of carbonyl (C=O) groups excluding carboxylic acids is 1. The van der Waals surface area contributed by atoms with E-state index >= 15 is 0 Å². The predicted octanol–water partition coefficient (Wildman–Crippen LogP) is 3.46. The number of aromatic amines is 1. The third-order valence-corrected chi connectivity index (χ3v) is 4.37. The Balaban J connectivity index is 1.69. The van der Waals surface area contributed by atoms with E-state index in [9.17, 15) is 9.59 Å². The molecule has 0 radical (unpaired) electrons. The van der Waals surface area contributed by atoms with Crippen molar-refractivity contribution < 1.29 is 14.7 Å². The Hall–Kier alpha value is -3.08. The number of amides is 1. The number of nitrogens with one attached hydrogen (secondary N) is 2. The van der Waals surface area contributed by atoms with Crippen LogP contribution in [0.5, 0.6) is 0 Å². The van der Waals surface area contributed by atoms with Gasteiger partial charge in [0.1, 0.15) is 0 Å². The zero-order valence-electron chi connectivity index (χ0n) is 14.9. The molecule has 1 heterocycles. The molecular formula is C21H22N2O3. The van der Waals surface area contributed by atoms with Crippen LogP contribution in [0.2, 0.25) is 0 Å². The van der Waals surface area contributed by atoms with Crippen molar-refractivity contribution in [1.82, 2.24) is 10.3 Å². The van der Waals surface area contributed by atoms with Crippen LogP contribution in [-0.4, -0.2) is 28.0 Å². The van der Waals surface area contributed by atoms with Gasteiger partial charge in [-0.2, -0.15) is 0 Å². The van der Waals surface area contributed by atoms with Crippen molar-refractivity contribution in [1.29, 1.82) is 0 Å². The number of H-pyrrole nitrogens is 1. The molecule has 3 N–H and O–H groups in total. The summed E-state index contributed by atoms with van der Waals surface area (Å²) >= 11 is 0. The third-order valence-electron chi connectivity index (χ3n) is 4.37. The van der Waals surface area contributed by atoms with Crippen LogP contribution in [0, 0.1) is 6.92 Å². The summed E-state index contributed by atoms with van der Waals surface area (Å²) in [5, 5.41) is 13.1. The smallest absolute Gasteiger partial charge is 0.307 e. The van der Waals surface area contributed by atoms with Gasteiger partial charge in [-0.15, -0.1) is 0 Å². The first kappa shape index (κ1) is 17.7. The Labute approximate surface area is 152 Å². The van der Waals surface area contributed by atoms with Crippen molar-refractivity contribution in [2.75, 3.05) is 0 Å². The van der Waals surface area contributed by atoms with Gasteiger partial charge in [0.05, 0.1) is 6.42 Å². The second kappa shape index (κ2) is 7.44. The van der Waals surface area contributed by atoms with E-state index in [0.717, 1.165) is 11.1 Å². The van der Waals surface area contributed by atoms with Gasteiger partial charge in [-0.25, -0.2) is 0 Å². The zero-order chi connectivity index (χ0) is 18.7. The first-order valence-electron chi connectivity index (χ1n) is 8.60. The van der Waals surface area contributed by atoms with Crippen molar-refractivity contribution in [2.24, 2.45) is 0 Å². The molecule has 1 unspecified atom stereocenters. The second-order valence-electron chi connectivity index (χ2n) is 6.71. The molecular weight excluding hydrogens is 328 g/mol. The summed E-state index contributed by atoms with van der Waals surface area (Å²) in [6.45, 7) is 4.03. The molecule has 0 aliphatic carbocycles. The zero-order valence-corrected chi connectivity index (χ0v) is 14.9. The Morgan fingerprint density at radius 3 is 2.77 bits per heavy atom. The van der Waals surface area contributed by atoms with Crippen LogP contribution < -0.4 is 5.32 Å². The van der Waals surface area contributed by atoms with Crippen molar-refractivity contribution in [3.8, 4) is 0 Å². The van der Waals surface area contributed by atoms with Crippen LogP contribution in [-0.2, 0) is 17.6 Å². The Morgan fingerprint density at radius 2 is 2.00 bits per heavy atom. The van der Waals surface area contributed by atoms with E-state index in [1.807, 2.05) is 13.1 Å². The number of aromatic nitrogens is 1. The van der Waals surface area contributed by atoms with Crippen molar-refractivity contribution in [2.45, 2.75) is 32.7 Å². The fourth-order valence-corrected chi connectivity index (χ4v) is 3.15. The normalized spacial score (nSPS) is 12.1. The van der Waals surface area contributed by atoms with Gasteiger partial charge in [-0.1, -0.05) is 23.8 Å². The number of fused-ring (bicyclic) bond motifs is 1. The molecule has 5 nitrogen and oxygen atoms in total. The summed E-state index contributed by atoms with van der Waals surface area (Å²) < 4.78 is 0. The van der Waals surface area contributed by atoms with E-state index in [4.69, 9.17) is 5.11 Å². The molecule has 26 heavy (non-hydrogen) atoms. The third kappa shape index (κ3) is 4.11. The number of carboxylic acid groups (broad SMARTS) is 1. The quantitative estimate of drug-likeness (QED) is 0.637. The average Bonchev–Trinajstić information content (AvgIpc) is 2.96. The average molecular weight is 350 g/mol. The van der Waals surface area contributed by atoms with Gasteiger partial charge in [-0.05, 0) is 55.7 Å². The SMILES string of the molecule is Cc1ccc2[nH]cc(CC(C)NC(=O)c3cccc(CC(=O)O)c3)c2c1. The largest absolute Gasteiger partial charge is 0.481 e. The number of carbonyl (C=O) groups is 2. The molecule has 1 atom stereocenters. The summed E-state index contributed by atoms with van der Waals surface area (Å²) in [7, 11) is 0. The number of aryl methyl sites for hydroxylation is 1. The lowest BCUT2D eigenvalue weighted by molar-refractivity contribution is -0.136. The number of hydrogen-bond acceptors (Lipinski definition) is 2. The minimum Gasteiger partial charge on any atom is -0.481 e. The van der Waals surface area contributed by atoms with Gasteiger partial charge >= 0.3 is 5.97 Å². The van der Waals surface area contributed by atoms with Gasteiger partial charge < -0.3 is 15.4 Å². The van der Waals surface area contributed by atoms with E-state index in [-0.39, 0.29) is 18.4 Å². The molecule has 134 valence electrons. The molecule has 0 spiro atoms. The lowest BCUT2D eigenvalue weighted by Gasteiger charge is -2.14. The van der Waals surface area contributed by atoms with Crippen LogP contribution in [0.3, 0.4) is 0 Å². The minimum atomic E-state index is -0.912. The second-order valence-corrected chi connectivity index (χ2v) is 6.71. The molecule has 2 aromatic carbocycles. The molecule has 0 saturated heterocycles. The Kier molecular flexibility index (Phi) is 5.07. The fourth-order valence-electron chi connectivity index (χ4n) is 3.15. The highest BCUT2D eigenvalue weighted by Crippen LogP contribution is 2.21. The highest BCUT2D eigenvalue weighted by molar-refractivity contribution is 5.94. The van der Waals surface area contributed by atoms with Crippen molar-refractivity contribution in [3.63, 3.8) is 0 Å². The first-order chi connectivity index (χ1) is 12.4. The summed E-state index contributed by atoms with van der Waals surface area (Å²) in [5.74, 6) is -1.11. The molecule has 3 rings (SSSR count). The summed E-state index contributed by atoms with van der Waals surface area (Å²) in [6, 6.07) is 13.0.